The Balaban J connectivity index is 2.92. The first-order chi connectivity index (χ1) is 20.0. The summed E-state index contributed by atoms with van der Waals surface area (Å²) in [6.07, 6.45) is 12.8. The van der Waals surface area contributed by atoms with E-state index in [0.29, 0.717) is 39.3 Å². The van der Waals surface area contributed by atoms with Crippen LogP contribution in [0.3, 0.4) is 0 Å². The number of rotatable bonds is 24. The average molecular weight is 591 g/mol. The molecule has 0 unspecified atom stereocenters. The molecular formula is C36H62O6. The van der Waals surface area contributed by atoms with Crippen LogP contribution in [0.4, 0.5) is 0 Å². The van der Waals surface area contributed by atoms with Gasteiger partial charge in [-0.05, 0) is 75.3 Å². The number of carbonyl (C=O) groups excluding carboxylic acids is 2. The van der Waals surface area contributed by atoms with Crippen molar-refractivity contribution in [3.63, 3.8) is 0 Å². The molecular weight excluding hydrogens is 528 g/mol. The maximum Gasteiger partial charge on any atom is 0.305 e. The number of unbranched alkanes of at least 4 members (excludes halogenated alkanes) is 6. The fourth-order valence-electron chi connectivity index (χ4n) is 5.36. The molecule has 0 aromatic heterocycles. The summed E-state index contributed by atoms with van der Waals surface area (Å²) in [6, 6.07) is 4.28. The normalized spacial score (nSPS) is 11.8. The molecule has 42 heavy (non-hydrogen) atoms. The third-order valence-corrected chi connectivity index (χ3v) is 8.03. The minimum Gasteiger partial charge on any atom is -0.494 e. The number of benzene rings is 1. The summed E-state index contributed by atoms with van der Waals surface area (Å²) in [5.41, 5.74) is 1.74. The minimum absolute atomic E-state index is 0.111. The summed E-state index contributed by atoms with van der Waals surface area (Å²) in [7, 11) is 0. The van der Waals surface area contributed by atoms with Crippen molar-refractivity contribution in [3.05, 3.63) is 23.3 Å². The number of hydrogen-bond donors (Lipinski definition) is 0. The van der Waals surface area contributed by atoms with Crippen molar-refractivity contribution >= 4 is 11.9 Å². The van der Waals surface area contributed by atoms with Crippen molar-refractivity contribution in [1.82, 2.24) is 0 Å². The first kappa shape index (κ1) is 37.8. The van der Waals surface area contributed by atoms with E-state index in [9.17, 15) is 9.59 Å². The molecule has 0 aliphatic rings. The van der Waals surface area contributed by atoms with E-state index in [4.69, 9.17) is 18.9 Å². The molecule has 1 rings (SSSR count). The van der Waals surface area contributed by atoms with Crippen molar-refractivity contribution in [2.45, 2.75) is 156 Å². The molecule has 0 atom stereocenters. The molecule has 0 fully saturated rings. The zero-order valence-corrected chi connectivity index (χ0v) is 28.3. The lowest BCUT2D eigenvalue weighted by atomic mass is 9.75. The monoisotopic (exact) mass is 590 g/mol. The predicted molar refractivity (Wildman–Crippen MR) is 173 cm³/mol. The number of carbonyl (C=O) groups is 2. The summed E-state index contributed by atoms with van der Waals surface area (Å²) in [5, 5.41) is 0. The maximum atomic E-state index is 12.3. The molecule has 1 aromatic carbocycles. The zero-order valence-electron chi connectivity index (χ0n) is 28.3. The molecule has 0 radical (unpaired) electrons. The fraction of sp³-hybridized carbons (Fsp3) is 0.778. The molecule has 0 saturated heterocycles. The van der Waals surface area contributed by atoms with E-state index in [1.807, 2.05) is 13.8 Å². The highest BCUT2D eigenvalue weighted by molar-refractivity contribution is 5.69. The van der Waals surface area contributed by atoms with Crippen LogP contribution in [0.15, 0.2) is 12.1 Å². The van der Waals surface area contributed by atoms with E-state index in [0.717, 1.165) is 74.0 Å². The van der Waals surface area contributed by atoms with Crippen LogP contribution in [0.2, 0.25) is 0 Å². The molecule has 1 aromatic rings. The van der Waals surface area contributed by atoms with Crippen LogP contribution in [0.5, 0.6) is 11.5 Å². The number of esters is 2. The van der Waals surface area contributed by atoms with Crippen molar-refractivity contribution in [2.24, 2.45) is 0 Å². The summed E-state index contributed by atoms with van der Waals surface area (Å²) < 4.78 is 23.3. The Labute approximate surface area is 257 Å². The summed E-state index contributed by atoms with van der Waals surface area (Å²) in [5.74, 6) is 1.50. The van der Waals surface area contributed by atoms with Crippen LogP contribution < -0.4 is 9.47 Å². The first-order valence-electron chi connectivity index (χ1n) is 16.8. The SMILES string of the molecule is CCCCCCOC(=O)CCCC(C)(C)c1cc(OCC)c(C(C)(C)CCCC(=O)OCCCCCC)cc1OCC. The third kappa shape index (κ3) is 14.3. The Bertz CT molecular complexity index is 831. The quantitative estimate of drug-likeness (QED) is 0.0882. The third-order valence-electron chi connectivity index (χ3n) is 8.03. The molecule has 0 saturated carbocycles. The molecule has 0 aliphatic carbocycles. The van der Waals surface area contributed by atoms with Gasteiger partial charge in [0, 0.05) is 24.0 Å². The molecule has 0 bridgehead atoms. The van der Waals surface area contributed by atoms with Gasteiger partial charge in [-0.3, -0.25) is 9.59 Å². The van der Waals surface area contributed by atoms with Crippen LogP contribution in [0.1, 0.15) is 156 Å². The van der Waals surface area contributed by atoms with Gasteiger partial charge in [0.1, 0.15) is 11.5 Å². The number of hydrogen-bond acceptors (Lipinski definition) is 6. The van der Waals surface area contributed by atoms with Gasteiger partial charge >= 0.3 is 11.9 Å². The lowest BCUT2D eigenvalue weighted by molar-refractivity contribution is -0.144. The standard InChI is InChI=1S/C36H62O6/c1-9-13-15-17-25-41-33(37)21-19-23-35(5,6)29-27-32(40-12-4)30(28-31(29)39-11-3)36(7,8)24-20-22-34(38)42-26-18-16-14-10-2/h27-28H,9-26H2,1-8H3. The van der Waals surface area contributed by atoms with Crippen molar-refractivity contribution in [3.8, 4) is 11.5 Å². The summed E-state index contributed by atoms with van der Waals surface area (Å²) in [6.45, 7) is 19.3. The molecule has 242 valence electrons. The van der Waals surface area contributed by atoms with E-state index >= 15 is 0 Å². The highest BCUT2D eigenvalue weighted by atomic mass is 16.5. The predicted octanol–water partition coefficient (Wildman–Crippen LogP) is 9.63. The van der Waals surface area contributed by atoms with E-state index in [2.05, 4.69) is 53.7 Å². The maximum absolute atomic E-state index is 12.3. The largest absolute Gasteiger partial charge is 0.494 e. The van der Waals surface area contributed by atoms with Gasteiger partial charge in [-0.2, -0.15) is 0 Å². The van der Waals surface area contributed by atoms with Crippen molar-refractivity contribution in [1.29, 1.82) is 0 Å². The molecule has 6 nitrogen and oxygen atoms in total. The minimum atomic E-state index is -0.221. The van der Waals surface area contributed by atoms with E-state index in [-0.39, 0.29) is 22.8 Å². The molecule has 0 amide bonds. The zero-order chi connectivity index (χ0) is 31.4. The topological polar surface area (TPSA) is 71.1 Å². The second-order valence-electron chi connectivity index (χ2n) is 12.7. The van der Waals surface area contributed by atoms with Gasteiger partial charge in [0.15, 0.2) is 0 Å². The lowest BCUT2D eigenvalue weighted by Crippen LogP contribution is -2.23. The van der Waals surface area contributed by atoms with Gasteiger partial charge in [0.05, 0.1) is 26.4 Å². The Hall–Kier alpha value is -2.24. The van der Waals surface area contributed by atoms with Gasteiger partial charge in [-0.25, -0.2) is 0 Å². The molecule has 0 aliphatic heterocycles. The fourth-order valence-corrected chi connectivity index (χ4v) is 5.36. The summed E-state index contributed by atoms with van der Waals surface area (Å²) >= 11 is 0. The van der Waals surface area contributed by atoms with Gasteiger partial charge in [0.2, 0.25) is 0 Å². The van der Waals surface area contributed by atoms with Crippen LogP contribution in [0.25, 0.3) is 0 Å². The van der Waals surface area contributed by atoms with Gasteiger partial charge < -0.3 is 18.9 Å². The number of ether oxygens (including phenoxy) is 4. The Morgan fingerprint density at radius 3 is 1.29 bits per heavy atom. The molecule has 0 heterocycles. The summed E-state index contributed by atoms with van der Waals surface area (Å²) in [4.78, 5) is 24.6. The second kappa shape index (κ2) is 20.6. The highest BCUT2D eigenvalue weighted by Crippen LogP contribution is 2.44. The smallest absolute Gasteiger partial charge is 0.305 e. The van der Waals surface area contributed by atoms with Gasteiger partial charge in [-0.1, -0.05) is 80.1 Å². The molecule has 0 N–H and O–H groups in total. The second-order valence-corrected chi connectivity index (χ2v) is 12.7. The van der Waals surface area contributed by atoms with Crippen LogP contribution in [-0.4, -0.2) is 38.4 Å². The van der Waals surface area contributed by atoms with E-state index in [1.54, 1.807) is 0 Å². The average Bonchev–Trinajstić information content (AvgIpc) is 2.93. The first-order valence-corrected chi connectivity index (χ1v) is 16.8. The highest BCUT2D eigenvalue weighted by Gasteiger charge is 2.31. The Morgan fingerprint density at radius 2 is 0.952 bits per heavy atom. The van der Waals surface area contributed by atoms with E-state index < -0.39 is 0 Å². The van der Waals surface area contributed by atoms with Crippen LogP contribution >= 0.6 is 0 Å². The Kier molecular flexibility index (Phi) is 18.6. The van der Waals surface area contributed by atoms with Crippen LogP contribution in [-0.2, 0) is 29.9 Å². The van der Waals surface area contributed by atoms with E-state index in [1.165, 1.54) is 25.7 Å². The molecule has 0 spiro atoms. The van der Waals surface area contributed by atoms with Gasteiger partial charge in [-0.15, -0.1) is 0 Å². The van der Waals surface area contributed by atoms with Crippen molar-refractivity contribution < 1.29 is 28.5 Å². The lowest BCUT2D eigenvalue weighted by Gasteiger charge is -2.32. The van der Waals surface area contributed by atoms with Crippen LogP contribution in [0, 0.1) is 0 Å². The van der Waals surface area contributed by atoms with Crippen molar-refractivity contribution in [2.75, 3.05) is 26.4 Å². The molecule has 6 heteroatoms. The Morgan fingerprint density at radius 1 is 0.571 bits per heavy atom. The van der Waals surface area contributed by atoms with Gasteiger partial charge in [0.25, 0.3) is 0 Å².